The third-order valence-corrected chi connectivity index (χ3v) is 5.12. The molecule has 3 aromatic rings. The van der Waals surface area contributed by atoms with Crippen molar-refractivity contribution in [2.45, 2.75) is 25.7 Å². The van der Waals surface area contributed by atoms with Crippen molar-refractivity contribution in [2.24, 2.45) is 0 Å². The number of aromatic nitrogens is 4. The Morgan fingerprint density at radius 3 is 3.12 bits per heavy atom. The van der Waals surface area contributed by atoms with Crippen LogP contribution >= 0.6 is 11.3 Å². The van der Waals surface area contributed by atoms with Crippen LogP contribution in [0.1, 0.15) is 30.4 Å². The smallest absolute Gasteiger partial charge is 0.321 e. The number of thiazole rings is 1. The monoisotopic (exact) mass is 368 g/mol. The van der Waals surface area contributed by atoms with Gasteiger partial charge in [0.05, 0.1) is 11.2 Å². The zero-order chi connectivity index (χ0) is 17.9. The van der Waals surface area contributed by atoms with Gasteiger partial charge in [0.25, 0.3) is 0 Å². The molecule has 4 rings (SSSR count). The van der Waals surface area contributed by atoms with Gasteiger partial charge in [-0.3, -0.25) is 5.10 Å². The molecule has 1 aliphatic rings. The number of aromatic amines is 1. The number of hydrogen-bond donors (Lipinski definition) is 2. The Bertz CT molecular complexity index is 891. The molecule has 2 N–H and O–H groups in total. The molecule has 134 valence electrons. The number of hydrogen-bond acceptors (Lipinski definition) is 5. The van der Waals surface area contributed by atoms with Crippen molar-refractivity contribution in [2.75, 3.05) is 18.4 Å². The molecule has 1 atom stereocenters. The number of likely N-dealkylation sites (tertiary alicyclic amines) is 1. The second-order valence-electron chi connectivity index (χ2n) is 6.45. The predicted octanol–water partition coefficient (Wildman–Crippen LogP) is 3.65. The van der Waals surface area contributed by atoms with Gasteiger partial charge in [-0.1, -0.05) is 12.1 Å². The third-order valence-electron chi connectivity index (χ3n) is 4.53. The van der Waals surface area contributed by atoms with Gasteiger partial charge in [-0.05, 0) is 31.9 Å². The van der Waals surface area contributed by atoms with E-state index in [9.17, 15) is 4.79 Å². The first-order valence-corrected chi connectivity index (χ1v) is 9.57. The Balaban J connectivity index is 1.44. The highest BCUT2D eigenvalue weighted by Crippen LogP contribution is 2.26. The van der Waals surface area contributed by atoms with E-state index >= 15 is 0 Å². The molecule has 1 fully saturated rings. The number of nitrogens with one attached hydrogen (secondary N) is 2. The van der Waals surface area contributed by atoms with Crippen LogP contribution in [-0.4, -0.2) is 44.2 Å². The number of nitrogens with zero attached hydrogens (tertiary/aromatic N) is 4. The van der Waals surface area contributed by atoms with E-state index in [1.54, 1.807) is 16.8 Å². The Morgan fingerprint density at radius 2 is 2.35 bits per heavy atom. The van der Waals surface area contributed by atoms with Crippen LogP contribution in [0.4, 0.5) is 10.5 Å². The van der Waals surface area contributed by atoms with E-state index in [4.69, 9.17) is 0 Å². The molecule has 0 unspecified atom stereocenters. The quantitative estimate of drug-likeness (QED) is 0.739. The van der Waals surface area contributed by atoms with E-state index in [2.05, 4.69) is 25.5 Å². The van der Waals surface area contributed by atoms with Crippen molar-refractivity contribution in [1.82, 2.24) is 25.1 Å². The number of amides is 2. The highest BCUT2D eigenvalue weighted by atomic mass is 32.1. The molecule has 0 aliphatic carbocycles. The van der Waals surface area contributed by atoms with Crippen molar-refractivity contribution in [3.63, 3.8) is 0 Å². The fourth-order valence-corrected chi connectivity index (χ4v) is 3.79. The zero-order valence-electron chi connectivity index (χ0n) is 14.5. The van der Waals surface area contributed by atoms with Gasteiger partial charge in [-0.25, -0.2) is 14.8 Å². The van der Waals surface area contributed by atoms with Gasteiger partial charge >= 0.3 is 6.03 Å². The number of benzene rings is 1. The average molecular weight is 368 g/mol. The Labute approximate surface area is 155 Å². The molecule has 0 saturated carbocycles. The van der Waals surface area contributed by atoms with Gasteiger partial charge in [0.15, 0.2) is 5.82 Å². The lowest BCUT2D eigenvalue weighted by atomic mass is 9.97. The molecular formula is C18H20N6OS. The number of carbonyl (C=O) groups is 1. The van der Waals surface area contributed by atoms with Crippen LogP contribution in [0.15, 0.2) is 35.2 Å². The molecule has 3 heterocycles. The first-order valence-electron chi connectivity index (χ1n) is 8.62. The number of rotatable bonds is 3. The maximum absolute atomic E-state index is 12.7. The van der Waals surface area contributed by atoms with Crippen LogP contribution < -0.4 is 5.32 Å². The lowest BCUT2D eigenvalue weighted by Gasteiger charge is -2.31. The second kappa shape index (κ2) is 7.25. The molecule has 26 heavy (non-hydrogen) atoms. The summed E-state index contributed by atoms with van der Waals surface area (Å²) in [6.45, 7) is 3.27. The lowest BCUT2D eigenvalue weighted by molar-refractivity contribution is 0.191. The first-order chi connectivity index (χ1) is 12.7. The number of aryl methyl sites for hydroxylation is 1. The number of urea groups is 1. The van der Waals surface area contributed by atoms with E-state index in [1.807, 2.05) is 41.5 Å². The Morgan fingerprint density at radius 1 is 1.42 bits per heavy atom. The summed E-state index contributed by atoms with van der Waals surface area (Å²) >= 11 is 1.56. The van der Waals surface area contributed by atoms with Crippen molar-refractivity contribution < 1.29 is 4.79 Å². The molecule has 0 radical (unpaired) electrons. The molecule has 1 aromatic carbocycles. The molecule has 1 aliphatic heterocycles. The van der Waals surface area contributed by atoms with Crippen LogP contribution in [0.5, 0.6) is 0 Å². The van der Waals surface area contributed by atoms with Gasteiger partial charge in [0.2, 0.25) is 0 Å². The molecule has 8 heteroatoms. The van der Waals surface area contributed by atoms with E-state index in [0.29, 0.717) is 6.54 Å². The highest BCUT2D eigenvalue weighted by Gasteiger charge is 2.27. The average Bonchev–Trinajstić information content (AvgIpc) is 3.34. The minimum atomic E-state index is -0.0858. The number of H-pyrrole nitrogens is 1. The molecule has 2 aromatic heterocycles. The zero-order valence-corrected chi connectivity index (χ0v) is 15.3. The lowest BCUT2D eigenvalue weighted by Crippen LogP contribution is -2.41. The molecule has 1 saturated heterocycles. The van der Waals surface area contributed by atoms with Crippen LogP contribution in [0.25, 0.3) is 11.3 Å². The van der Waals surface area contributed by atoms with Gasteiger partial charge in [0, 0.05) is 35.6 Å². The van der Waals surface area contributed by atoms with Crippen LogP contribution in [-0.2, 0) is 0 Å². The minimum Gasteiger partial charge on any atom is -0.324 e. The summed E-state index contributed by atoms with van der Waals surface area (Å²) in [5, 5.41) is 12.1. The van der Waals surface area contributed by atoms with Crippen molar-refractivity contribution in [1.29, 1.82) is 0 Å². The van der Waals surface area contributed by atoms with E-state index in [0.717, 1.165) is 48.0 Å². The summed E-state index contributed by atoms with van der Waals surface area (Å²) < 4.78 is 0. The molecule has 0 bridgehead atoms. The normalized spacial score (nSPS) is 17.3. The maximum atomic E-state index is 12.7. The SMILES string of the molecule is Cc1nc([C@H]2CCCN(C(=O)Nc3cccc(-c4cscn4)c3)C2)n[nH]1. The number of carbonyl (C=O) groups excluding carboxylic acids is 1. The molecular weight excluding hydrogens is 348 g/mol. The fourth-order valence-electron chi connectivity index (χ4n) is 3.23. The topological polar surface area (TPSA) is 86.8 Å². The fraction of sp³-hybridized carbons (Fsp3) is 0.333. The summed E-state index contributed by atoms with van der Waals surface area (Å²) in [6, 6.07) is 7.69. The predicted molar refractivity (Wildman–Crippen MR) is 101 cm³/mol. The van der Waals surface area contributed by atoms with E-state index in [-0.39, 0.29) is 11.9 Å². The number of anilines is 1. The minimum absolute atomic E-state index is 0.0858. The summed E-state index contributed by atoms with van der Waals surface area (Å²) in [5.41, 5.74) is 4.50. The van der Waals surface area contributed by atoms with Crippen LogP contribution in [0.3, 0.4) is 0 Å². The van der Waals surface area contributed by atoms with Crippen molar-refractivity contribution in [3.05, 3.63) is 46.8 Å². The highest BCUT2D eigenvalue weighted by molar-refractivity contribution is 7.07. The van der Waals surface area contributed by atoms with Gasteiger partial charge in [-0.2, -0.15) is 5.10 Å². The summed E-state index contributed by atoms with van der Waals surface area (Å²) in [5.74, 6) is 1.78. The van der Waals surface area contributed by atoms with Gasteiger partial charge in [0.1, 0.15) is 5.82 Å². The van der Waals surface area contributed by atoms with E-state index < -0.39 is 0 Å². The summed E-state index contributed by atoms with van der Waals surface area (Å²) in [6.07, 6.45) is 1.95. The van der Waals surface area contributed by atoms with Crippen molar-refractivity contribution in [3.8, 4) is 11.3 Å². The van der Waals surface area contributed by atoms with Gasteiger partial charge in [-0.15, -0.1) is 11.3 Å². The molecule has 2 amide bonds. The first kappa shape index (κ1) is 16.7. The molecule has 7 nitrogen and oxygen atoms in total. The summed E-state index contributed by atoms with van der Waals surface area (Å²) in [7, 11) is 0. The second-order valence-corrected chi connectivity index (χ2v) is 7.17. The molecule has 0 spiro atoms. The van der Waals surface area contributed by atoms with Crippen LogP contribution in [0.2, 0.25) is 0 Å². The summed E-state index contributed by atoms with van der Waals surface area (Å²) in [4.78, 5) is 23.3. The largest absolute Gasteiger partial charge is 0.324 e. The van der Waals surface area contributed by atoms with Gasteiger partial charge < -0.3 is 10.2 Å². The standard InChI is InChI=1S/C18H20N6OS/c1-12-20-17(23-22-12)14-5-3-7-24(9-14)18(25)21-15-6-2-4-13(8-15)16-10-26-11-19-16/h2,4,6,8,10-11,14H,3,5,7,9H2,1H3,(H,21,25)(H,20,22,23)/t14-/m0/s1. The third kappa shape index (κ3) is 3.60. The Hall–Kier alpha value is -2.74. The number of piperidine rings is 1. The van der Waals surface area contributed by atoms with E-state index in [1.165, 1.54) is 0 Å². The Kier molecular flexibility index (Phi) is 4.66. The maximum Gasteiger partial charge on any atom is 0.321 e. The van der Waals surface area contributed by atoms with Crippen molar-refractivity contribution >= 4 is 23.1 Å². The van der Waals surface area contributed by atoms with Crippen LogP contribution in [0, 0.1) is 6.92 Å².